The van der Waals surface area contributed by atoms with E-state index in [1.165, 1.54) is 38.3 Å². The van der Waals surface area contributed by atoms with Crippen LogP contribution >= 0.6 is 0 Å². The van der Waals surface area contributed by atoms with Crippen molar-refractivity contribution in [3.05, 3.63) is 199 Å². The predicted molar refractivity (Wildman–Crippen MR) is 222 cm³/mol. The third kappa shape index (κ3) is 5.17. The summed E-state index contributed by atoms with van der Waals surface area (Å²) in [6, 6.07) is 66.1. The normalized spacial score (nSPS) is 12.7. The van der Waals surface area contributed by atoms with E-state index in [9.17, 15) is 0 Å². The maximum Gasteiger partial charge on any atom is 0.149 e. The summed E-state index contributed by atoms with van der Waals surface area (Å²) in [5.74, 6) is 0.693. The number of rotatable bonds is 6. The van der Waals surface area contributed by atoms with E-state index in [2.05, 4.69) is 154 Å². The highest BCUT2D eigenvalue weighted by atomic mass is 15.4. The van der Waals surface area contributed by atoms with Crippen LogP contribution < -0.4 is 11.2 Å². The van der Waals surface area contributed by atoms with E-state index in [-0.39, 0.29) is 0 Å². The van der Waals surface area contributed by atoms with Gasteiger partial charge in [0.25, 0.3) is 0 Å². The number of para-hydroxylation sites is 3. The summed E-state index contributed by atoms with van der Waals surface area (Å²) in [6.07, 6.45) is -0.543. The van der Waals surface area contributed by atoms with Gasteiger partial charge in [0.05, 0.1) is 22.1 Å². The van der Waals surface area contributed by atoms with Crippen LogP contribution in [0.4, 0.5) is 0 Å². The van der Waals surface area contributed by atoms with E-state index in [1.807, 2.05) is 48.5 Å². The largest absolute Gasteiger partial charge is 0.309 e. The van der Waals surface area contributed by atoms with Crippen LogP contribution in [0.15, 0.2) is 193 Å². The standard InChI is InChI=1S/C48H35N5/c49-47(32-16-4-1-5-17-32)50-48(33-18-6-2-7-19-33)51-53-45-27-15-13-24-38(45)42-31-40(36-22-10-11-25-39(36)46(42)53)34-28-29-44-41(30-34)37-23-12-14-26-43(37)52(44)35-20-8-3-9-21-35/h1-31,47H,49H2,(H,50,51). The molecule has 53 heavy (non-hydrogen) atoms. The molecule has 3 N–H and O–H groups in total. The molecule has 0 aliphatic rings. The molecule has 252 valence electrons. The fourth-order valence-electron chi connectivity index (χ4n) is 7.91. The van der Waals surface area contributed by atoms with Crippen LogP contribution in [0, 0.1) is 0 Å². The summed E-state index contributed by atoms with van der Waals surface area (Å²) < 4.78 is 4.56. The maximum absolute atomic E-state index is 6.73. The number of aliphatic imine (C=N–C) groups is 1. The molecular formula is C48H35N5. The molecule has 0 amide bonds. The lowest BCUT2D eigenvalue weighted by atomic mass is 9.94. The molecule has 2 aromatic heterocycles. The average Bonchev–Trinajstić information content (AvgIpc) is 3.73. The van der Waals surface area contributed by atoms with Gasteiger partial charge < -0.3 is 10.3 Å². The fourth-order valence-corrected chi connectivity index (χ4v) is 7.91. The van der Waals surface area contributed by atoms with Crippen LogP contribution in [-0.2, 0) is 0 Å². The number of nitrogens with zero attached hydrogens (tertiary/aromatic N) is 3. The van der Waals surface area contributed by atoms with Crippen molar-refractivity contribution >= 4 is 60.2 Å². The van der Waals surface area contributed by atoms with Gasteiger partial charge in [0.2, 0.25) is 0 Å². The molecule has 0 fully saturated rings. The molecule has 0 radical (unpaired) electrons. The summed E-state index contributed by atoms with van der Waals surface area (Å²) in [6.45, 7) is 0. The van der Waals surface area contributed by atoms with E-state index >= 15 is 0 Å². The second kappa shape index (κ2) is 12.7. The molecule has 0 saturated carbocycles. The zero-order valence-corrected chi connectivity index (χ0v) is 28.9. The first-order valence-corrected chi connectivity index (χ1v) is 18.0. The highest BCUT2D eigenvalue weighted by Gasteiger charge is 2.20. The van der Waals surface area contributed by atoms with Gasteiger partial charge in [-0.25, -0.2) is 4.99 Å². The molecule has 10 rings (SSSR count). The Bertz CT molecular complexity index is 2980. The monoisotopic (exact) mass is 681 g/mol. The molecule has 0 aliphatic carbocycles. The Labute approximate surface area is 306 Å². The molecule has 1 atom stereocenters. The first-order valence-electron chi connectivity index (χ1n) is 18.0. The molecule has 0 spiro atoms. The van der Waals surface area contributed by atoms with Crippen molar-refractivity contribution in [2.75, 3.05) is 5.43 Å². The summed E-state index contributed by atoms with van der Waals surface area (Å²) in [7, 11) is 0. The Balaban J connectivity index is 1.20. The molecule has 2 heterocycles. The highest BCUT2D eigenvalue weighted by molar-refractivity contribution is 6.23. The summed E-state index contributed by atoms with van der Waals surface area (Å²) in [5, 5.41) is 7.11. The van der Waals surface area contributed by atoms with Gasteiger partial charge in [-0.1, -0.05) is 146 Å². The lowest BCUT2D eigenvalue weighted by Gasteiger charge is -2.18. The number of nitrogens with one attached hydrogen (secondary N) is 1. The third-order valence-corrected chi connectivity index (χ3v) is 10.3. The topological polar surface area (TPSA) is 60.3 Å². The van der Waals surface area contributed by atoms with Crippen molar-refractivity contribution in [3.63, 3.8) is 0 Å². The van der Waals surface area contributed by atoms with E-state index in [1.54, 1.807) is 0 Å². The van der Waals surface area contributed by atoms with Gasteiger partial charge in [0, 0.05) is 38.2 Å². The first kappa shape index (κ1) is 30.8. The Morgan fingerprint density at radius 1 is 0.491 bits per heavy atom. The number of benzene rings is 8. The third-order valence-electron chi connectivity index (χ3n) is 10.3. The van der Waals surface area contributed by atoms with Gasteiger partial charge in [0.1, 0.15) is 12.0 Å². The van der Waals surface area contributed by atoms with Gasteiger partial charge in [-0.15, -0.1) is 0 Å². The van der Waals surface area contributed by atoms with E-state index in [0.717, 1.165) is 44.0 Å². The smallest absolute Gasteiger partial charge is 0.149 e. The first-order chi connectivity index (χ1) is 26.2. The van der Waals surface area contributed by atoms with Crippen LogP contribution in [0.25, 0.3) is 71.2 Å². The van der Waals surface area contributed by atoms with Crippen molar-refractivity contribution in [3.8, 4) is 16.8 Å². The minimum atomic E-state index is -0.543. The van der Waals surface area contributed by atoms with Crippen LogP contribution in [-0.4, -0.2) is 15.1 Å². The van der Waals surface area contributed by atoms with E-state index in [4.69, 9.17) is 10.7 Å². The van der Waals surface area contributed by atoms with Crippen molar-refractivity contribution in [1.82, 2.24) is 9.24 Å². The number of nitrogens with two attached hydrogens (primary N) is 1. The van der Waals surface area contributed by atoms with Gasteiger partial charge in [-0.3, -0.25) is 10.1 Å². The minimum absolute atomic E-state index is 0.543. The summed E-state index contributed by atoms with van der Waals surface area (Å²) >= 11 is 0. The van der Waals surface area contributed by atoms with Crippen molar-refractivity contribution in [2.24, 2.45) is 10.7 Å². The molecule has 0 bridgehead atoms. The van der Waals surface area contributed by atoms with E-state index in [0.29, 0.717) is 5.84 Å². The number of hydrogen-bond donors (Lipinski definition) is 2. The van der Waals surface area contributed by atoms with Gasteiger partial charge in [-0.05, 0) is 64.5 Å². The minimum Gasteiger partial charge on any atom is -0.309 e. The highest BCUT2D eigenvalue weighted by Crippen LogP contribution is 2.41. The Morgan fingerprint density at radius 3 is 1.79 bits per heavy atom. The molecule has 0 saturated heterocycles. The quantitative estimate of drug-likeness (QED) is 0.136. The Morgan fingerprint density at radius 2 is 1.06 bits per heavy atom. The van der Waals surface area contributed by atoms with E-state index < -0.39 is 6.17 Å². The molecule has 1 unspecified atom stereocenters. The summed E-state index contributed by atoms with van der Waals surface area (Å²) in [4.78, 5) is 5.09. The molecule has 10 aromatic rings. The molecule has 8 aromatic carbocycles. The fraction of sp³-hybridized carbons (Fsp3) is 0.0208. The number of fused-ring (bicyclic) bond motifs is 8. The second-order valence-electron chi connectivity index (χ2n) is 13.4. The lowest BCUT2D eigenvalue weighted by molar-refractivity contribution is 0.773. The molecule has 5 nitrogen and oxygen atoms in total. The SMILES string of the molecule is NC(/N=C(\Nn1c2ccccc2c2cc(-c3ccc4c(c3)c3ccccc3n4-c3ccccc3)c3ccccc3c21)c1ccccc1)c1ccccc1. The zero-order valence-electron chi connectivity index (χ0n) is 28.9. The lowest BCUT2D eigenvalue weighted by Crippen LogP contribution is -2.26. The van der Waals surface area contributed by atoms with Gasteiger partial charge in [-0.2, -0.15) is 0 Å². The van der Waals surface area contributed by atoms with Crippen LogP contribution in [0.1, 0.15) is 17.3 Å². The van der Waals surface area contributed by atoms with Crippen molar-refractivity contribution in [1.29, 1.82) is 0 Å². The predicted octanol–water partition coefficient (Wildman–Crippen LogP) is 11.4. The second-order valence-corrected chi connectivity index (χ2v) is 13.4. The summed E-state index contributed by atoms with van der Waals surface area (Å²) in [5.41, 5.74) is 20.4. The van der Waals surface area contributed by atoms with Crippen molar-refractivity contribution in [2.45, 2.75) is 6.17 Å². The molecular weight excluding hydrogens is 647 g/mol. The maximum atomic E-state index is 6.73. The molecule has 5 heteroatoms. The molecule has 0 aliphatic heterocycles. The van der Waals surface area contributed by atoms with Crippen LogP contribution in [0.3, 0.4) is 0 Å². The van der Waals surface area contributed by atoms with Gasteiger partial charge >= 0.3 is 0 Å². The number of hydrogen-bond acceptors (Lipinski definition) is 2. The number of aromatic nitrogens is 2. The Kier molecular flexibility index (Phi) is 7.37. The average molecular weight is 682 g/mol. The number of amidine groups is 1. The van der Waals surface area contributed by atoms with Crippen molar-refractivity contribution < 1.29 is 0 Å². The zero-order chi connectivity index (χ0) is 35.3. The van der Waals surface area contributed by atoms with Crippen LogP contribution in [0.2, 0.25) is 0 Å². The van der Waals surface area contributed by atoms with Gasteiger partial charge in [0.15, 0.2) is 0 Å². The van der Waals surface area contributed by atoms with Crippen LogP contribution in [0.5, 0.6) is 0 Å². The Hall–Kier alpha value is -6.95.